The zero-order valence-corrected chi connectivity index (χ0v) is 12.2. The minimum atomic E-state index is -0.335. The van der Waals surface area contributed by atoms with Crippen molar-refractivity contribution in [2.45, 2.75) is 12.6 Å². The average molecular weight is 326 g/mol. The molecule has 0 aliphatic carbocycles. The van der Waals surface area contributed by atoms with Gasteiger partial charge in [0.05, 0.1) is 6.54 Å². The van der Waals surface area contributed by atoms with Crippen molar-refractivity contribution >= 4 is 27.7 Å². The molecule has 0 radical (unpaired) electrons. The Morgan fingerprint density at radius 3 is 2.68 bits per heavy atom. The van der Waals surface area contributed by atoms with E-state index in [0.29, 0.717) is 13.1 Å². The number of rotatable bonds is 3. The third-order valence-corrected chi connectivity index (χ3v) is 3.55. The van der Waals surface area contributed by atoms with Crippen molar-refractivity contribution < 1.29 is 9.59 Å². The van der Waals surface area contributed by atoms with Gasteiger partial charge in [0.25, 0.3) is 0 Å². The topological polar surface area (TPSA) is 61.4 Å². The molecular weight excluding hydrogens is 310 g/mol. The summed E-state index contributed by atoms with van der Waals surface area (Å²) in [4.78, 5) is 24.9. The number of piperazine rings is 1. The molecule has 1 aromatic rings. The van der Waals surface area contributed by atoms with E-state index >= 15 is 0 Å². The summed E-state index contributed by atoms with van der Waals surface area (Å²) in [5.74, 6) is -0.0810. The summed E-state index contributed by atoms with van der Waals surface area (Å²) in [5.41, 5.74) is 1.07. The zero-order chi connectivity index (χ0) is 13.8. The van der Waals surface area contributed by atoms with Gasteiger partial charge in [-0.05, 0) is 17.7 Å². The van der Waals surface area contributed by atoms with Crippen LogP contribution in [0.15, 0.2) is 28.7 Å². The zero-order valence-electron chi connectivity index (χ0n) is 10.6. The van der Waals surface area contributed by atoms with E-state index in [1.807, 2.05) is 24.3 Å². The fourth-order valence-corrected chi connectivity index (χ4v) is 2.21. The molecule has 102 valence electrons. The van der Waals surface area contributed by atoms with Crippen LogP contribution < -0.4 is 10.6 Å². The van der Waals surface area contributed by atoms with Crippen molar-refractivity contribution in [3.63, 3.8) is 0 Å². The molecule has 2 amide bonds. The molecule has 19 heavy (non-hydrogen) atoms. The van der Waals surface area contributed by atoms with Crippen molar-refractivity contribution in [1.82, 2.24) is 15.5 Å². The Kier molecular flexibility index (Phi) is 4.55. The number of amides is 2. The van der Waals surface area contributed by atoms with E-state index in [4.69, 9.17) is 0 Å². The van der Waals surface area contributed by atoms with Crippen LogP contribution in [0.1, 0.15) is 5.56 Å². The first-order valence-electron chi connectivity index (χ1n) is 6.06. The van der Waals surface area contributed by atoms with Gasteiger partial charge in [0.1, 0.15) is 6.04 Å². The molecule has 0 bridgehead atoms. The fourth-order valence-electron chi connectivity index (χ4n) is 1.95. The van der Waals surface area contributed by atoms with Crippen LogP contribution in [-0.4, -0.2) is 42.9 Å². The van der Waals surface area contributed by atoms with Crippen LogP contribution >= 0.6 is 15.9 Å². The SMILES string of the molecule is CN(Cc1ccc(Br)cc1)C(=O)C1CNC(=O)CN1. The fraction of sp³-hybridized carbons (Fsp3) is 0.385. The summed E-state index contributed by atoms with van der Waals surface area (Å²) in [5, 5.41) is 5.62. The van der Waals surface area contributed by atoms with Gasteiger partial charge in [-0.1, -0.05) is 28.1 Å². The molecule has 2 N–H and O–H groups in total. The molecule has 1 atom stereocenters. The van der Waals surface area contributed by atoms with Gasteiger partial charge < -0.3 is 10.2 Å². The predicted octanol–water partition coefficient (Wildman–Crippen LogP) is 0.495. The highest BCUT2D eigenvalue weighted by Gasteiger charge is 2.26. The van der Waals surface area contributed by atoms with Gasteiger partial charge in [-0.25, -0.2) is 0 Å². The number of carbonyl (C=O) groups excluding carboxylic acids is 2. The summed E-state index contributed by atoms with van der Waals surface area (Å²) in [6.45, 7) is 1.10. The first kappa shape index (κ1) is 14.0. The molecule has 0 aromatic heterocycles. The highest BCUT2D eigenvalue weighted by Crippen LogP contribution is 2.12. The number of nitrogens with zero attached hydrogens (tertiary/aromatic N) is 1. The van der Waals surface area contributed by atoms with E-state index in [1.54, 1.807) is 11.9 Å². The Morgan fingerprint density at radius 2 is 2.11 bits per heavy atom. The largest absolute Gasteiger partial charge is 0.353 e. The molecule has 1 heterocycles. The van der Waals surface area contributed by atoms with Crippen LogP contribution in [0.25, 0.3) is 0 Å². The van der Waals surface area contributed by atoms with Crippen LogP contribution in [0.3, 0.4) is 0 Å². The van der Waals surface area contributed by atoms with E-state index in [1.165, 1.54) is 0 Å². The van der Waals surface area contributed by atoms with Gasteiger partial charge in [-0.3, -0.25) is 14.9 Å². The Hall–Kier alpha value is -1.40. The van der Waals surface area contributed by atoms with Crippen molar-refractivity contribution in [3.8, 4) is 0 Å². The summed E-state index contributed by atoms with van der Waals surface area (Å²) in [6, 6.07) is 7.52. The van der Waals surface area contributed by atoms with Crippen molar-refractivity contribution in [2.75, 3.05) is 20.1 Å². The van der Waals surface area contributed by atoms with Crippen LogP contribution in [0.2, 0.25) is 0 Å². The monoisotopic (exact) mass is 325 g/mol. The molecule has 0 spiro atoms. The molecule has 1 aliphatic rings. The van der Waals surface area contributed by atoms with Crippen LogP contribution in [-0.2, 0) is 16.1 Å². The van der Waals surface area contributed by atoms with Crippen LogP contribution in [0.4, 0.5) is 0 Å². The van der Waals surface area contributed by atoms with E-state index in [-0.39, 0.29) is 24.4 Å². The third-order valence-electron chi connectivity index (χ3n) is 3.02. The minimum Gasteiger partial charge on any atom is -0.353 e. The Morgan fingerprint density at radius 1 is 1.42 bits per heavy atom. The molecule has 5 nitrogen and oxygen atoms in total. The maximum absolute atomic E-state index is 12.2. The lowest BCUT2D eigenvalue weighted by molar-refractivity contribution is -0.134. The van der Waals surface area contributed by atoms with Gasteiger partial charge in [-0.15, -0.1) is 0 Å². The van der Waals surface area contributed by atoms with Gasteiger partial charge in [0.15, 0.2) is 0 Å². The normalized spacial score (nSPS) is 18.8. The molecule has 1 saturated heterocycles. The molecule has 1 fully saturated rings. The molecule has 6 heteroatoms. The Labute approximate surface area is 120 Å². The smallest absolute Gasteiger partial charge is 0.241 e. The summed E-state index contributed by atoms with van der Waals surface area (Å²) >= 11 is 3.38. The summed E-state index contributed by atoms with van der Waals surface area (Å²) in [6.07, 6.45) is 0. The van der Waals surface area contributed by atoms with Gasteiger partial charge in [-0.2, -0.15) is 0 Å². The lowest BCUT2D eigenvalue weighted by atomic mass is 10.1. The van der Waals surface area contributed by atoms with Crippen LogP contribution in [0.5, 0.6) is 0 Å². The van der Waals surface area contributed by atoms with Crippen molar-refractivity contribution in [2.24, 2.45) is 0 Å². The first-order valence-corrected chi connectivity index (χ1v) is 6.85. The molecular formula is C13H16BrN3O2. The number of hydrogen-bond acceptors (Lipinski definition) is 3. The van der Waals surface area contributed by atoms with Gasteiger partial charge in [0, 0.05) is 24.6 Å². The van der Waals surface area contributed by atoms with Gasteiger partial charge >= 0.3 is 0 Å². The maximum atomic E-state index is 12.2. The van der Waals surface area contributed by atoms with Crippen LogP contribution in [0, 0.1) is 0 Å². The Balaban J connectivity index is 1.92. The number of hydrogen-bond donors (Lipinski definition) is 2. The first-order chi connectivity index (χ1) is 9.06. The molecule has 2 rings (SSSR count). The summed E-state index contributed by atoms with van der Waals surface area (Å²) in [7, 11) is 1.77. The van der Waals surface area contributed by atoms with Crippen molar-refractivity contribution in [3.05, 3.63) is 34.3 Å². The van der Waals surface area contributed by atoms with E-state index in [0.717, 1.165) is 10.0 Å². The standard InChI is InChI=1S/C13H16BrN3O2/c1-17(8-9-2-4-10(14)5-3-9)13(19)11-6-16-12(18)7-15-11/h2-5,11,15H,6-8H2,1H3,(H,16,18). The number of halogens is 1. The third kappa shape index (κ3) is 3.78. The predicted molar refractivity (Wildman–Crippen MR) is 75.4 cm³/mol. The quantitative estimate of drug-likeness (QED) is 0.850. The lowest BCUT2D eigenvalue weighted by Crippen LogP contribution is -2.58. The minimum absolute atomic E-state index is 0.0112. The highest BCUT2D eigenvalue weighted by atomic mass is 79.9. The van der Waals surface area contributed by atoms with E-state index in [2.05, 4.69) is 26.6 Å². The molecule has 1 aromatic carbocycles. The van der Waals surface area contributed by atoms with Crippen molar-refractivity contribution in [1.29, 1.82) is 0 Å². The number of likely N-dealkylation sites (N-methyl/N-ethyl adjacent to an activating group) is 1. The Bertz CT molecular complexity index is 465. The molecule has 0 saturated carbocycles. The second-order valence-corrected chi connectivity index (χ2v) is 5.47. The molecule has 1 aliphatic heterocycles. The van der Waals surface area contributed by atoms with Gasteiger partial charge in [0.2, 0.25) is 11.8 Å². The highest BCUT2D eigenvalue weighted by molar-refractivity contribution is 9.10. The second-order valence-electron chi connectivity index (χ2n) is 4.56. The molecule has 1 unspecified atom stereocenters. The van der Waals surface area contributed by atoms with E-state index < -0.39 is 0 Å². The summed E-state index contributed by atoms with van der Waals surface area (Å²) < 4.78 is 1.02. The number of benzene rings is 1. The van der Waals surface area contributed by atoms with E-state index in [9.17, 15) is 9.59 Å². The second kappa shape index (κ2) is 6.16. The maximum Gasteiger partial charge on any atom is 0.241 e. The lowest BCUT2D eigenvalue weighted by Gasteiger charge is -2.27. The number of nitrogens with one attached hydrogen (secondary N) is 2. The average Bonchev–Trinajstić information content (AvgIpc) is 2.41. The number of carbonyl (C=O) groups is 2.